The van der Waals surface area contributed by atoms with Crippen molar-refractivity contribution < 1.29 is 8.78 Å². The number of nitrogens with two attached hydrogens (primary N) is 1. The first-order valence-electron chi connectivity index (χ1n) is 8.49. The van der Waals surface area contributed by atoms with Crippen molar-refractivity contribution in [2.45, 2.75) is 26.3 Å². The van der Waals surface area contributed by atoms with Gasteiger partial charge in [0.25, 0.3) is 0 Å². The summed E-state index contributed by atoms with van der Waals surface area (Å²) in [4.78, 5) is 4.31. The smallest absolute Gasteiger partial charge is 0.125 e. The second-order valence-corrected chi connectivity index (χ2v) is 6.39. The van der Waals surface area contributed by atoms with Crippen molar-refractivity contribution in [2.24, 2.45) is 0 Å². The van der Waals surface area contributed by atoms with Gasteiger partial charge in [0.15, 0.2) is 0 Å². The number of nitrogens with zero attached hydrogens (tertiary/aromatic N) is 1. The van der Waals surface area contributed by atoms with E-state index in [1.807, 2.05) is 31.2 Å². The molecular weight excluding hydrogens is 332 g/mol. The van der Waals surface area contributed by atoms with Gasteiger partial charge in [0.05, 0.1) is 0 Å². The monoisotopic (exact) mass is 353 g/mol. The Bertz CT molecular complexity index is 889. The number of nitrogen functional groups attached to an aromatic ring is 1. The third-order valence-electron chi connectivity index (χ3n) is 4.06. The SMILES string of the molecule is Cc1cc(N)nc(CCc2cc(F)cc(NCc3cccc(F)c3)c2)c1. The van der Waals surface area contributed by atoms with Gasteiger partial charge in [-0.05, 0) is 78.9 Å². The number of rotatable bonds is 6. The molecule has 0 bridgehead atoms. The number of aromatic nitrogens is 1. The van der Waals surface area contributed by atoms with Crippen molar-refractivity contribution >= 4 is 11.5 Å². The van der Waals surface area contributed by atoms with Gasteiger partial charge in [0, 0.05) is 17.9 Å². The number of nitrogens with one attached hydrogen (secondary N) is 1. The summed E-state index contributed by atoms with van der Waals surface area (Å²) in [6, 6.07) is 15.0. The summed E-state index contributed by atoms with van der Waals surface area (Å²) in [6.45, 7) is 2.40. The molecule has 3 N–H and O–H groups in total. The first-order valence-corrected chi connectivity index (χ1v) is 8.49. The van der Waals surface area contributed by atoms with Gasteiger partial charge >= 0.3 is 0 Å². The molecule has 5 heteroatoms. The summed E-state index contributed by atoms with van der Waals surface area (Å²) in [7, 11) is 0. The molecule has 26 heavy (non-hydrogen) atoms. The maximum absolute atomic E-state index is 13.9. The van der Waals surface area contributed by atoms with Gasteiger partial charge in [0.2, 0.25) is 0 Å². The second kappa shape index (κ2) is 7.95. The summed E-state index contributed by atoms with van der Waals surface area (Å²) in [5, 5.41) is 3.14. The van der Waals surface area contributed by atoms with Gasteiger partial charge < -0.3 is 11.1 Å². The van der Waals surface area contributed by atoms with Crippen LogP contribution in [0.1, 0.15) is 22.4 Å². The standard InChI is InChI=1S/C21H21F2N3/c1-14-7-19(26-21(24)8-14)6-5-15-9-18(23)12-20(11-15)25-13-16-3-2-4-17(22)10-16/h2-4,7-12,25H,5-6,13H2,1H3,(H2,24,26). The Morgan fingerprint density at radius 1 is 0.923 bits per heavy atom. The lowest BCUT2D eigenvalue weighted by Gasteiger charge is -2.10. The van der Waals surface area contributed by atoms with Crippen molar-refractivity contribution in [3.05, 3.63) is 88.6 Å². The zero-order chi connectivity index (χ0) is 18.5. The van der Waals surface area contributed by atoms with Crippen LogP contribution in [0, 0.1) is 18.6 Å². The molecule has 0 spiro atoms. The highest BCUT2D eigenvalue weighted by molar-refractivity contribution is 5.47. The fraction of sp³-hybridized carbons (Fsp3) is 0.190. The minimum absolute atomic E-state index is 0.283. The average molecular weight is 353 g/mol. The minimum atomic E-state index is -0.305. The molecule has 0 unspecified atom stereocenters. The number of aryl methyl sites for hydroxylation is 3. The van der Waals surface area contributed by atoms with E-state index in [0.29, 0.717) is 30.9 Å². The Kier molecular flexibility index (Phi) is 5.46. The molecule has 1 heterocycles. The van der Waals surface area contributed by atoms with Crippen LogP contribution in [0.5, 0.6) is 0 Å². The quantitative estimate of drug-likeness (QED) is 0.678. The van der Waals surface area contributed by atoms with E-state index in [-0.39, 0.29) is 11.6 Å². The predicted molar refractivity (Wildman–Crippen MR) is 101 cm³/mol. The topological polar surface area (TPSA) is 50.9 Å². The third-order valence-corrected chi connectivity index (χ3v) is 4.06. The van der Waals surface area contributed by atoms with Crippen LogP contribution in [0.15, 0.2) is 54.6 Å². The van der Waals surface area contributed by atoms with Crippen molar-refractivity contribution in [1.29, 1.82) is 0 Å². The number of hydrogen-bond donors (Lipinski definition) is 2. The molecule has 3 aromatic rings. The van der Waals surface area contributed by atoms with E-state index in [1.165, 1.54) is 24.3 Å². The van der Waals surface area contributed by atoms with Crippen LogP contribution in [0.2, 0.25) is 0 Å². The summed E-state index contributed by atoms with van der Waals surface area (Å²) >= 11 is 0. The molecule has 0 aliphatic carbocycles. The summed E-state index contributed by atoms with van der Waals surface area (Å²) in [5.74, 6) is -0.0909. The molecule has 0 aliphatic rings. The van der Waals surface area contributed by atoms with Gasteiger partial charge in [-0.3, -0.25) is 0 Å². The minimum Gasteiger partial charge on any atom is -0.384 e. The highest BCUT2D eigenvalue weighted by Crippen LogP contribution is 2.18. The Balaban J connectivity index is 1.67. The number of hydrogen-bond acceptors (Lipinski definition) is 3. The van der Waals surface area contributed by atoms with Crippen molar-refractivity contribution in [2.75, 3.05) is 11.1 Å². The Hall–Kier alpha value is -2.95. The second-order valence-electron chi connectivity index (χ2n) is 6.39. The van der Waals surface area contributed by atoms with E-state index in [0.717, 1.165) is 22.4 Å². The summed E-state index contributed by atoms with van der Waals surface area (Å²) < 4.78 is 27.2. The lowest BCUT2D eigenvalue weighted by molar-refractivity contribution is 0.624. The molecule has 1 aromatic heterocycles. The van der Waals surface area contributed by atoms with Gasteiger partial charge in [-0.2, -0.15) is 0 Å². The molecule has 0 fully saturated rings. The zero-order valence-electron chi connectivity index (χ0n) is 14.6. The molecule has 0 saturated carbocycles. The Morgan fingerprint density at radius 3 is 2.50 bits per heavy atom. The third kappa shape index (κ3) is 5.02. The van der Waals surface area contributed by atoms with Crippen molar-refractivity contribution in [1.82, 2.24) is 4.98 Å². The zero-order valence-corrected chi connectivity index (χ0v) is 14.6. The first kappa shape index (κ1) is 17.9. The number of anilines is 2. The molecule has 3 rings (SSSR count). The lowest BCUT2D eigenvalue weighted by Crippen LogP contribution is -2.02. The molecule has 0 saturated heterocycles. The molecule has 2 aromatic carbocycles. The number of pyridine rings is 1. The van der Waals surface area contributed by atoms with Gasteiger partial charge in [-0.15, -0.1) is 0 Å². The fourth-order valence-electron chi connectivity index (χ4n) is 2.92. The summed E-state index contributed by atoms with van der Waals surface area (Å²) in [6.07, 6.45) is 1.33. The molecule has 0 atom stereocenters. The maximum Gasteiger partial charge on any atom is 0.125 e. The van der Waals surface area contributed by atoms with Crippen LogP contribution in [0.3, 0.4) is 0 Å². The maximum atomic E-state index is 13.9. The van der Waals surface area contributed by atoms with Crippen LogP contribution in [-0.4, -0.2) is 4.98 Å². The first-order chi connectivity index (χ1) is 12.5. The summed E-state index contributed by atoms with van der Waals surface area (Å²) in [5.41, 5.74) is 10.1. The Labute approximate surface area is 151 Å². The van der Waals surface area contributed by atoms with Crippen LogP contribution in [0.25, 0.3) is 0 Å². The van der Waals surface area contributed by atoms with Gasteiger partial charge in [0.1, 0.15) is 17.5 Å². The fourth-order valence-corrected chi connectivity index (χ4v) is 2.92. The predicted octanol–water partition coefficient (Wildman–Crippen LogP) is 4.65. The molecule has 134 valence electrons. The molecule has 0 radical (unpaired) electrons. The van der Waals surface area contributed by atoms with E-state index in [1.54, 1.807) is 6.07 Å². The number of benzene rings is 2. The van der Waals surface area contributed by atoms with Gasteiger partial charge in [-0.25, -0.2) is 13.8 Å². The van der Waals surface area contributed by atoms with Crippen LogP contribution < -0.4 is 11.1 Å². The highest BCUT2D eigenvalue weighted by Gasteiger charge is 2.04. The molecular formula is C21H21F2N3. The number of halogens is 2. The van der Waals surface area contributed by atoms with Gasteiger partial charge in [-0.1, -0.05) is 12.1 Å². The Morgan fingerprint density at radius 2 is 1.73 bits per heavy atom. The van der Waals surface area contributed by atoms with E-state index < -0.39 is 0 Å². The van der Waals surface area contributed by atoms with Crippen LogP contribution >= 0.6 is 0 Å². The molecule has 0 amide bonds. The van der Waals surface area contributed by atoms with Crippen LogP contribution in [0.4, 0.5) is 20.3 Å². The highest BCUT2D eigenvalue weighted by atomic mass is 19.1. The van der Waals surface area contributed by atoms with E-state index in [4.69, 9.17) is 5.73 Å². The molecule has 0 aliphatic heterocycles. The van der Waals surface area contributed by atoms with Crippen molar-refractivity contribution in [3.8, 4) is 0 Å². The normalized spacial score (nSPS) is 10.7. The molecule has 3 nitrogen and oxygen atoms in total. The largest absolute Gasteiger partial charge is 0.384 e. The van der Waals surface area contributed by atoms with E-state index in [2.05, 4.69) is 10.3 Å². The van der Waals surface area contributed by atoms with E-state index in [9.17, 15) is 8.78 Å². The van der Waals surface area contributed by atoms with Crippen LogP contribution in [-0.2, 0) is 19.4 Å². The van der Waals surface area contributed by atoms with E-state index >= 15 is 0 Å². The average Bonchev–Trinajstić information content (AvgIpc) is 2.57. The van der Waals surface area contributed by atoms with Crippen molar-refractivity contribution in [3.63, 3.8) is 0 Å². The lowest BCUT2D eigenvalue weighted by atomic mass is 10.1.